The second-order valence-electron chi connectivity index (χ2n) is 6.46. The number of hydrogen-bond donors (Lipinski definition) is 3. The van der Waals surface area contributed by atoms with E-state index in [1.165, 1.54) is 36.4 Å². The van der Waals surface area contributed by atoms with Gasteiger partial charge in [0.05, 0.1) is 10.6 Å². The summed E-state index contributed by atoms with van der Waals surface area (Å²) in [7, 11) is -8.94. The van der Waals surface area contributed by atoms with Crippen molar-refractivity contribution in [2.75, 3.05) is 5.73 Å². The van der Waals surface area contributed by atoms with Crippen LogP contribution in [0.1, 0.15) is 11.1 Å². The van der Waals surface area contributed by atoms with Crippen LogP contribution in [0.2, 0.25) is 0 Å². The summed E-state index contributed by atoms with van der Waals surface area (Å²) in [5, 5.41) is 8.87. The quantitative estimate of drug-likeness (QED) is 0.318. The molecule has 152 valence electrons. The van der Waals surface area contributed by atoms with Crippen molar-refractivity contribution in [3.05, 3.63) is 53.6 Å². The Kier molecular flexibility index (Phi) is 5.17. The van der Waals surface area contributed by atoms with Crippen LogP contribution in [-0.4, -0.2) is 25.9 Å². The van der Waals surface area contributed by atoms with E-state index in [0.717, 1.165) is 0 Å². The Morgan fingerprint density at radius 3 is 2.14 bits per heavy atom. The van der Waals surface area contributed by atoms with Crippen molar-refractivity contribution in [2.45, 2.75) is 23.6 Å². The first-order valence-electron chi connectivity index (χ1n) is 8.18. The third-order valence-corrected chi connectivity index (χ3v) is 5.96. The Morgan fingerprint density at radius 1 is 0.828 bits per heavy atom. The Hall–Kier alpha value is -2.86. The molecule has 0 aliphatic heterocycles. The largest absolute Gasteiger partial charge is 0.398 e. The molecule has 0 unspecified atom stereocenters. The number of benzene rings is 3. The molecule has 0 saturated carbocycles. The molecule has 0 spiro atoms. The zero-order valence-corrected chi connectivity index (χ0v) is 17.0. The van der Waals surface area contributed by atoms with Crippen LogP contribution in [0.15, 0.2) is 62.5 Å². The maximum atomic E-state index is 11.7. The minimum Gasteiger partial charge on any atom is -0.398 e. The Morgan fingerprint density at radius 2 is 1.52 bits per heavy atom. The Balaban J connectivity index is 2.20. The van der Waals surface area contributed by atoms with Crippen molar-refractivity contribution in [3.63, 3.8) is 0 Å². The molecule has 9 nitrogen and oxygen atoms in total. The number of nitrogen functional groups attached to an aromatic ring is 1. The van der Waals surface area contributed by atoms with Crippen LogP contribution >= 0.6 is 0 Å². The van der Waals surface area contributed by atoms with Gasteiger partial charge in [-0.3, -0.25) is 9.11 Å². The summed E-state index contributed by atoms with van der Waals surface area (Å²) < 4.78 is 64.9. The summed E-state index contributed by atoms with van der Waals surface area (Å²) in [5.41, 5.74) is 7.56. The molecule has 0 bridgehead atoms. The number of hydrogen-bond acceptors (Lipinski definition) is 7. The molecule has 0 saturated heterocycles. The number of fused-ring (bicyclic) bond motifs is 1. The van der Waals surface area contributed by atoms with Gasteiger partial charge in [0.2, 0.25) is 0 Å². The standard InChI is InChI=1S/C18H17N3O6S2/c1-10-7-11(2)18(17(8-10)29(25,26)27)21-20-16-6-5-15(19)14-9-12(28(22,23)24)3-4-13(14)16/h3-9H,19H2,1-2H3,(H,22,23,24)(H,25,26,27). The molecule has 4 N–H and O–H groups in total. The average Bonchev–Trinajstić information content (AvgIpc) is 2.60. The molecular formula is C18H17N3O6S2. The molecule has 0 aromatic heterocycles. The second kappa shape index (κ2) is 7.19. The first-order chi connectivity index (χ1) is 13.4. The highest BCUT2D eigenvalue weighted by atomic mass is 32.2. The molecule has 3 aromatic rings. The van der Waals surface area contributed by atoms with Gasteiger partial charge in [-0.25, -0.2) is 0 Å². The number of anilines is 1. The van der Waals surface area contributed by atoms with E-state index in [1.807, 2.05) is 0 Å². The maximum Gasteiger partial charge on any atom is 0.296 e. The molecule has 29 heavy (non-hydrogen) atoms. The number of nitrogens with two attached hydrogens (primary N) is 1. The lowest BCUT2D eigenvalue weighted by molar-refractivity contribution is 0.481. The minimum atomic E-state index is -4.52. The summed E-state index contributed by atoms with van der Waals surface area (Å²) in [5.74, 6) is 0. The van der Waals surface area contributed by atoms with Gasteiger partial charge in [0.1, 0.15) is 10.6 Å². The summed E-state index contributed by atoms with van der Waals surface area (Å²) >= 11 is 0. The highest BCUT2D eigenvalue weighted by Crippen LogP contribution is 2.35. The molecule has 0 radical (unpaired) electrons. The maximum absolute atomic E-state index is 11.7. The van der Waals surface area contributed by atoms with Gasteiger partial charge >= 0.3 is 0 Å². The van der Waals surface area contributed by atoms with E-state index in [1.54, 1.807) is 19.9 Å². The average molecular weight is 435 g/mol. The second-order valence-corrected chi connectivity index (χ2v) is 9.27. The fraction of sp³-hybridized carbons (Fsp3) is 0.111. The van der Waals surface area contributed by atoms with Gasteiger partial charge in [-0.15, -0.1) is 10.2 Å². The van der Waals surface area contributed by atoms with Gasteiger partial charge in [-0.2, -0.15) is 16.8 Å². The van der Waals surface area contributed by atoms with Crippen LogP contribution in [0.3, 0.4) is 0 Å². The third-order valence-electron chi connectivity index (χ3n) is 4.24. The lowest BCUT2D eigenvalue weighted by Crippen LogP contribution is -2.00. The number of azo groups is 1. The third kappa shape index (κ3) is 4.27. The van der Waals surface area contributed by atoms with E-state index in [9.17, 15) is 25.9 Å². The highest BCUT2D eigenvalue weighted by Gasteiger charge is 2.18. The van der Waals surface area contributed by atoms with Crippen LogP contribution in [0.25, 0.3) is 10.8 Å². The van der Waals surface area contributed by atoms with Gasteiger partial charge in [-0.1, -0.05) is 12.1 Å². The predicted molar refractivity (Wildman–Crippen MR) is 108 cm³/mol. The number of nitrogens with zero attached hydrogens (tertiary/aromatic N) is 2. The molecule has 0 heterocycles. The van der Waals surface area contributed by atoms with Gasteiger partial charge in [0, 0.05) is 16.5 Å². The van der Waals surface area contributed by atoms with E-state index < -0.39 is 20.2 Å². The van der Waals surface area contributed by atoms with E-state index in [0.29, 0.717) is 21.9 Å². The van der Waals surface area contributed by atoms with Gasteiger partial charge in [0.15, 0.2) is 0 Å². The summed E-state index contributed by atoms with van der Waals surface area (Å²) in [6.07, 6.45) is 0. The van der Waals surface area contributed by atoms with Crippen molar-refractivity contribution in [1.82, 2.24) is 0 Å². The highest BCUT2D eigenvalue weighted by molar-refractivity contribution is 7.86. The van der Waals surface area contributed by atoms with Crippen molar-refractivity contribution < 1.29 is 25.9 Å². The molecule has 3 aromatic carbocycles. The molecule has 11 heteroatoms. The normalized spacial score (nSPS) is 12.7. The number of aryl methyl sites for hydroxylation is 2. The van der Waals surface area contributed by atoms with E-state index >= 15 is 0 Å². The predicted octanol–water partition coefficient (Wildman–Crippen LogP) is 3.95. The van der Waals surface area contributed by atoms with Crippen molar-refractivity contribution in [2.24, 2.45) is 10.2 Å². The van der Waals surface area contributed by atoms with E-state index in [2.05, 4.69) is 10.2 Å². The molecular weight excluding hydrogens is 418 g/mol. The smallest absolute Gasteiger partial charge is 0.296 e. The number of rotatable bonds is 4. The minimum absolute atomic E-state index is 0.0161. The molecule has 0 aliphatic rings. The van der Waals surface area contributed by atoms with Crippen LogP contribution < -0.4 is 5.73 Å². The first kappa shape index (κ1) is 20.9. The van der Waals surface area contributed by atoms with E-state index in [4.69, 9.17) is 5.73 Å². The Bertz CT molecular complexity index is 1380. The Labute approximate surface area is 167 Å². The molecule has 0 amide bonds. The topological polar surface area (TPSA) is 159 Å². The molecule has 0 aliphatic carbocycles. The van der Waals surface area contributed by atoms with Gasteiger partial charge in [-0.05, 0) is 55.3 Å². The summed E-state index contributed by atoms with van der Waals surface area (Å²) in [4.78, 5) is -0.694. The monoisotopic (exact) mass is 435 g/mol. The van der Waals surface area contributed by atoms with E-state index in [-0.39, 0.29) is 26.9 Å². The van der Waals surface area contributed by atoms with Crippen molar-refractivity contribution >= 4 is 48.1 Å². The van der Waals surface area contributed by atoms with Crippen molar-refractivity contribution in [1.29, 1.82) is 0 Å². The summed E-state index contributed by atoms with van der Waals surface area (Å²) in [6, 6.07) is 9.81. The fourth-order valence-electron chi connectivity index (χ4n) is 2.93. The van der Waals surface area contributed by atoms with Crippen molar-refractivity contribution in [3.8, 4) is 0 Å². The SMILES string of the molecule is Cc1cc(C)c(N=Nc2ccc(N)c3cc(S(=O)(=O)O)ccc23)c(S(=O)(=O)O)c1. The molecule has 0 atom stereocenters. The molecule has 0 fully saturated rings. The van der Waals surface area contributed by atoms with Gasteiger partial charge < -0.3 is 5.73 Å². The van der Waals surface area contributed by atoms with Gasteiger partial charge in [0.25, 0.3) is 20.2 Å². The lowest BCUT2D eigenvalue weighted by Gasteiger charge is -2.09. The zero-order chi connectivity index (χ0) is 21.6. The van der Waals surface area contributed by atoms with Crippen LogP contribution in [0.5, 0.6) is 0 Å². The first-order valence-corrected chi connectivity index (χ1v) is 11.1. The zero-order valence-electron chi connectivity index (χ0n) is 15.4. The van der Waals surface area contributed by atoms with Crippen LogP contribution in [0.4, 0.5) is 17.1 Å². The van der Waals surface area contributed by atoms with Crippen LogP contribution in [-0.2, 0) is 20.2 Å². The summed E-state index contributed by atoms with van der Waals surface area (Å²) in [6.45, 7) is 3.32. The lowest BCUT2D eigenvalue weighted by atomic mass is 10.1. The fourth-order valence-corrected chi connectivity index (χ4v) is 4.22. The molecule has 3 rings (SSSR count). The van der Waals surface area contributed by atoms with Crippen LogP contribution in [0, 0.1) is 13.8 Å².